The molecule has 1 saturated carbocycles. The van der Waals surface area contributed by atoms with Gasteiger partial charge in [0.05, 0.1) is 11.0 Å². The standard InChI is InChI=1S/C18H27N3O3S/c22-18(9-12-25(23,24)16-5-1-2-6-16)20-14-15-7-8-17(19-13-15)21-10-3-4-11-21/h7-8,13,16H,1-6,9-12,14H2,(H,20,22). The van der Waals surface area contributed by atoms with Crippen LogP contribution < -0.4 is 10.2 Å². The van der Waals surface area contributed by atoms with Gasteiger partial charge in [-0.05, 0) is 37.3 Å². The van der Waals surface area contributed by atoms with Gasteiger partial charge < -0.3 is 10.2 Å². The zero-order valence-electron chi connectivity index (χ0n) is 14.6. The van der Waals surface area contributed by atoms with Crippen molar-refractivity contribution in [2.24, 2.45) is 0 Å². The van der Waals surface area contributed by atoms with E-state index in [4.69, 9.17) is 0 Å². The van der Waals surface area contributed by atoms with E-state index in [0.717, 1.165) is 50.2 Å². The van der Waals surface area contributed by atoms with Gasteiger partial charge in [0.25, 0.3) is 0 Å². The number of hydrogen-bond acceptors (Lipinski definition) is 5. The first kappa shape index (κ1) is 18.2. The first-order chi connectivity index (χ1) is 12.0. The number of nitrogens with one attached hydrogen (secondary N) is 1. The van der Waals surface area contributed by atoms with Crippen molar-refractivity contribution >= 4 is 21.6 Å². The highest BCUT2D eigenvalue weighted by atomic mass is 32.2. The minimum absolute atomic E-state index is 0.0398. The summed E-state index contributed by atoms with van der Waals surface area (Å²) in [6.45, 7) is 2.49. The second kappa shape index (κ2) is 8.17. The number of rotatable bonds is 7. The van der Waals surface area contributed by atoms with Crippen LogP contribution in [-0.2, 0) is 21.2 Å². The molecule has 1 N–H and O–H groups in total. The third-order valence-electron chi connectivity index (χ3n) is 5.15. The number of nitrogens with zero attached hydrogens (tertiary/aromatic N) is 2. The molecule has 7 heteroatoms. The first-order valence-electron chi connectivity index (χ1n) is 9.23. The van der Waals surface area contributed by atoms with Gasteiger partial charge in [0.1, 0.15) is 5.82 Å². The molecule has 25 heavy (non-hydrogen) atoms. The van der Waals surface area contributed by atoms with E-state index < -0.39 is 9.84 Å². The topological polar surface area (TPSA) is 79.4 Å². The van der Waals surface area contributed by atoms with Crippen LogP contribution >= 0.6 is 0 Å². The Morgan fingerprint density at radius 1 is 1.16 bits per heavy atom. The molecule has 3 rings (SSSR count). The molecule has 0 atom stereocenters. The predicted octanol–water partition coefficient (Wildman–Crippen LogP) is 2.05. The largest absolute Gasteiger partial charge is 0.357 e. The zero-order chi connectivity index (χ0) is 17.7. The summed E-state index contributed by atoms with van der Waals surface area (Å²) in [7, 11) is -3.13. The van der Waals surface area contributed by atoms with Crippen LogP contribution in [0, 0.1) is 0 Å². The first-order valence-corrected chi connectivity index (χ1v) is 10.9. The lowest BCUT2D eigenvalue weighted by atomic mass is 10.2. The molecule has 0 unspecified atom stereocenters. The van der Waals surface area contributed by atoms with Crippen LogP contribution in [0.2, 0.25) is 0 Å². The monoisotopic (exact) mass is 365 g/mol. The highest BCUT2D eigenvalue weighted by molar-refractivity contribution is 7.92. The van der Waals surface area contributed by atoms with E-state index in [0.29, 0.717) is 6.54 Å². The van der Waals surface area contributed by atoms with Gasteiger partial charge in [-0.3, -0.25) is 4.79 Å². The summed E-state index contributed by atoms with van der Waals surface area (Å²) in [6.07, 6.45) is 7.71. The number of sulfone groups is 1. The van der Waals surface area contributed by atoms with E-state index in [-0.39, 0.29) is 23.3 Å². The molecule has 1 saturated heterocycles. The summed E-state index contributed by atoms with van der Waals surface area (Å²) >= 11 is 0. The number of hydrogen-bond donors (Lipinski definition) is 1. The summed E-state index contributed by atoms with van der Waals surface area (Å²) in [5, 5.41) is 2.56. The predicted molar refractivity (Wildman–Crippen MR) is 98.2 cm³/mol. The van der Waals surface area contributed by atoms with Crippen LogP contribution in [0.25, 0.3) is 0 Å². The summed E-state index contributed by atoms with van der Waals surface area (Å²) in [4.78, 5) is 18.7. The average molecular weight is 365 g/mol. The Hall–Kier alpha value is -1.63. The Labute approximate surface area is 149 Å². The van der Waals surface area contributed by atoms with E-state index >= 15 is 0 Å². The van der Waals surface area contributed by atoms with Crippen molar-refractivity contribution < 1.29 is 13.2 Å². The quantitative estimate of drug-likeness (QED) is 0.800. The minimum atomic E-state index is -3.13. The summed E-state index contributed by atoms with van der Waals surface area (Å²) in [5.41, 5.74) is 0.926. The van der Waals surface area contributed by atoms with Crippen molar-refractivity contribution in [2.75, 3.05) is 23.7 Å². The Bertz CT molecular complexity index is 676. The van der Waals surface area contributed by atoms with Crippen LogP contribution in [0.5, 0.6) is 0 Å². The van der Waals surface area contributed by atoms with Gasteiger partial charge in [-0.25, -0.2) is 13.4 Å². The third-order valence-corrected chi connectivity index (χ3v) is 7.41. The van der Waals surface area contributed by atoms with Gasteiger partial charge in [0.15, 0.2) is 9.84 Å². The Morgan fingerprint density at radius 3 is 2.52 bits per heavy atom. The van der Waals surface area contributed by atoms with Gasteiger partial charge in [-0.15, -0.1) is 0 Å². The lowest BCUT2D eigenvalue weighted by molar-refractivity contribution is -0.120. The fourth-order valence-corrected chi connectivity index (χ4v) is 5.45. The maximum Gasteiger partial charge on any atom is 0.221 e. The van der Waals surface area contributed by atoms with Crippen LogP contribution in [0.3, 0.4) is 0 Å². The second-order valence-corrected chi connectivity index (χ2v) is 9.42. The fraction of sp³-hybridized carbons (Fsp3) is 0.667. The number of carbonyl (C=O) groups excluding carboxylic acids is 1. The van der Waals surface area contributed by atoms with Gasteiger partial charge >= 0.3 is 0 Å². The molecule has 138 valence electrons. The van der Waals surface area contributed by atoms with Gasteiger partial charge in [-0.2, -0.15) is 0 Å². The lowest BCUT2D eigenvalue weighted by Crippen LogP contribution is -2.28. The number of pyridine rings is 1. The van der Waals surface area contributed by atoms with Crippen LogP contribution in [0.4, 0.5) is 5.82 Å². The van der Waals surface area contributed by atoms with E-state index in [2.05, 4.69) is 15.2 Å². The molecule has 0 spiro atoms. The number of anilines is 1. The molecular formula is C18H27N3O3S. The van der Waals surface area contributed by atoms with Crippen molar-refractivity contribution in [3.05, 3.63) is 23.9 Å². The molecule has 0 bridgehead atoms. The van der Waals surface area contributed by atoms with Crippen molar-refractivity contribution in [3.8, 4) is 0 Å². The highest BCUT2D eigenvalue weighted by Gasteiger charge is 2.28. The molecular weight excluding hydrogens is 338 g/mol. The normalized spacial score (nSPS) is 18.6. The molecule has 1 amide bonds. The molecule has 6 nitrogen and oxygen atoms in total. The van der Waals surface area contributed by atoms with Gasteiger partial charge in [-0.1, -0.05) is 18.9 Å². The molecule has 2 aliphatic rings. The highest BCUT2D eigenvalue weighted by Crippen LogP contribution is 2.25. The van der Waals surface area contributed by atoms with Crippen molar-refractivity contribution in [3.63, 3.8) is 0 Å². The zero-order valence-corrected chi connectivity index (χ0v) is 15.4. The van der Waals surface area contributed by atoms with Gasteiger partial charge in [0, 0.05) is 32.3 Å². The molecule has 1 aromatic heterocycles. The maximum absolute atomic E-state index is 12.2. The van der Waals surface area contributed by atoms with Crippen molar-refractivity contribution in [1.82, 2.24) is 10.3 Å². The van der Waals surface area contributed by atoms with Crippen LogP contribution in [0.1, 0.15) is 50.5 Å². The van der Waals surface area contributed by atoms with E-state index in [1.807, 2.05) is 12.1 Å². The van der Waals surface area contributed by atoms with Crippen molar-refractivity contribution in [1.29, 1.82) is 0 Å². The smallest absolute Gasteiger partial charge is 0.221 e. The molecule has 0 radical (unpaired) electrons. The van der Waals surface area contributed by atoms with E-state index in [1.165, 1.54) is 12.8 Å². The van der Waals surface area contributed by atoms with E-state index in [1.54, 1.807) is 6.20 Å². The molecule has 1 aromatic rings. The number of aromatic nitrogens is 1. The number of amides is 1. The van der Waals surface area contributed by atoms with Crippen molar-refractivity contribution in [2.45, 2.75) is 56.7 Å². The Kier molecular flexibility index (Phi) is 5.93. The summed E-state index contributed by atoms with van der Waals surface area (Å²) < 4.78 is 24.4. The fourth-order valence-electron chi connectivity index (χ4n) is 3.59. The molecule has 2 fully saturated rings. The molecule has 1 aliphatic carbocycles. The SMILES string of the molecule is O=C(CCS(=O)(=O)C1CCCC1)NCc1ccc(N2CCCC2)nc1. The molecule has 1 aliphatic heterocycles. The third kappa shape index (κ3) is 4.93. The summed E-state index contributed by atoms with van der Waals surface area (Å²) in [6, 6.07) is 3.95. The lowest BCUT2D eigenvalue weighted by Gasteiger charge is -2.16. The maximum atomic E-state index is 12.2. The van der Waals surface area contributed by atoms with Crippen LogP contribution in [0.15, 0.2) is 18.3 Å². The Morgan fingerprint density at radius 2 is 1.88 bits per heavy atom. The van der Waals surface area contributed by atoms with E-state index in [9.17, 15) is 13.2 Å². The molecule has 2 heterocycles. The minimum Gasteiger partial charge on any atom is -0.357 e. The van der Waals surface area contributed by atoms with Gasteiger partial charge in [0.2, 0.25) is 5.91 Å². The second-order valence-electron chi connectivity index (χ2n) is 7.02. The molecule has 0 aromatic carbocycles. The average Bonchev–Trinajstić information content (AvgIpc) is 3.32. The number of carbonyl (C=O) groups is 1. The summed E-state index contributed by atoms with van der Waals surface area (Å²) in [5.74, 6) is 0.718. The van der Waals surface area contributed by atoms with Crippen LogP contribution in [-0.4, -0.2) is 43.4 Å². The Balaban J connectivity index is 1.42.